The molecule has 0 aliphatic carbocycles. The third-order valence-corrected chi connectivity index (χ3v) is 5.28. The van der Waals surface area contributed by atoms with Crippen LogP contribution in [0.1, 0.15) is 16.7 Å². The molecule has 0 radical (unpaired) electrons. The summed E-state index contributed by atoms with van der Waals surface area (Å²) in [5, 5.41) is 5.70. The summed E-state index contributed by atoms with van der Waals surface area (Å²) in [6, 6.07) is 15.7. The fraction of sp³-hybridized carbons (Fsp3) is 0.273. The molecule has 2 heterocycles. The number of oxime groups is 1. The zero-order valence-electron chi connectivity index (χ0n) is 16.1. The molecule has 2 N–H and O–H groups in total. The molecular weight excluding hydrogens is 388 g/mol. The Labute approximate surface area is 174 Å². The maximum atomic E-state index is 6.34. The van der Waals surface area contributed by atoms with Gasteiger partial charge >= 0.3 is 0 Å². The maximum Gasteiger partial charge on any atom is 0.170 e. The number of pyridine rings is 1. The molecule has 1 aliphatic rings. The van der Waals surface area contributed by atoms with E-state index in [0.717, 1.165) is 54.9 Å². The number of morpholine rings is 1. The predicted molar refractivity (Wildman–Crippen MR) is 115 cm³/mol. The van der Waals surface area contributed by atoms with Gasteiger partial charge in [0.15, 0.2) is 5.84 Å². The maximum absolute atomic E-state index is 6.34. The Kier molecular flexibility index (Phi) is 6.24. The van der Waals surface area contributed by atoms with Crippen molar-refractivity contribution >= 4 is 28.3 Å². The van der Waals surface area contributed by atoms with Gasteiger partial charge in [-0.15, -0.1) is 0 Å². The average molecular weight is 411 g/mol. The van der Waals surface area contributed by atoms with Crippen molar-refractivity contribution in [2.45, 2.75) is 13.2 Å². The molecule has 0 bridgehead atoms. The number of amidine groups is 1. The van der Waals surface area contributed by atoms with Gasteiger partial charge in [-0.1, -0.05) is 47.1 Å². The second-order valence-electron chi connectivity index (χ2n) is 6.94. The first-order valence-electron chi connectivity index (χ1n) is 9.57. The van der Waals surface area contributed by atoms with Crippen LogP contribution in [-0.2, 0) is 22.7 Å². The van der Waals surface area contributed by atoms with Gasteiger partial charge in [0, 0.05) is 47.4 Å². The third-order valence-electron chi connectivity index (χ3n) is 4.93. The fourth-order valence-corrected chi connectivity index (χ4v) is 3.59. The van der Waals surface area contributed by atoms with Crippen LogP contribution >= 0.6 is 11.6 Å². The highest BCUT2D eigenvalue weighted by molar-refractivity contribution is 6.32. The molecular formula is C22H23ClN4O2. The minimum absolute atomic E-state index is 0.196. The normalized spacial score (nSPS) is 15.6. The van der Waals surface area contributed by atoms with Gasteiger partial charge < -0.3 is 15.3 Å². The molecule has 3 aromatic rings. The monoisotopic (exact) mass is 410 g/mol. The zero-order valence-corrected chi connectivity index (χ0v) is 16.8. The summed E-state index contributed by atoms with van der Waals surface area (Å²) in [6.07, 6.45) is 1.74. The number of benzene rings is 2. The summed E-state index contributed by atoms with van der Waals surface area (Å²) >= 11 is 6.34. The quantitative estimate of drug-likeness (QED) is 0.382. The van der Waals surface area contributed by atoms with Crippen LogP contribution in [0.5, 0.6) is 0 Å². The van der Waals surface area contributed by atoms with Crippen molar-refractivity contribution in [3.63, 3.8) is 0 Å². The van der Waals surface area contributed by atoms with E-state index < -0.39 is 0 Å². The number of ether oxygens (including phenoxy) is 1. The highest BCUT2D eigenvalue weighted by Crippen LogP contribution is 2.25. The van der Waals surface area contributed by atoms with Crippen LogP contribution in [0.15, 0.2) is 59.9 Å². The molecule has 0 spiro atoms. The number of halogens is 1. The van der Waals surface area contributed by atoms with E-state index in [2.05, 4.69) is 21.1 Å². The molecule has 0 amide bonds. The van der Waals surface area contributed by atoms with Crippen LogP contribution in [-0.4, -0.2) is 42.0 Å². The van der Waals surface area contributed by atoms with E-state index in [1.165, 1.54) is 5.56 Å². The van der Waals surface area contributed by atoms with E-state index in [9.17, 15) is 0 Å². The van der Waals surface area contributed by atoms with Crippen LogP contribution in [0.4, 0.5) is 0 Å². The van der Waals surface area contributed by atoms with Crippen LogP contribution < -0.4 is 5.73 Å². The van der Waals surface area contributed by atoms with Crippen molar-refractivity contribution in [3.05, 3.63) is 76.4 Å². The van der Waals surface area contributed by atoms with Crippen molar-refractivity contribution in [2.75, 3.05) is 26.3 Å². The summed E-state index contributed by atoms with van der Waals surface area (Å²) in [5.41, 5.74) is 9.77. The third kappa shape index (κ3) is 4.85. The Morgan fingerprint density at radius 2 is 2.03 bits per heavy atom. The Morgan fingerprint density at radius 3 is 2.90 bits per heavy atom. The minimum atomic E-state index is 0.196. The van der Waals surface area contributed by atoms with Crippen LogP contribution in [0, 0.1) is 0 Å². The number of fused-ring (bicyclic) bond motifs is 1. The van der Waals surface area contributed by atoms with Gasteiger partial charge in [-0.3, -0.25) is 9.88 Å². The van der Waals surface area contributed by atoms with Gasteiger partial charge in [0.05, 0.1) is 18.7 Å². The van der Waals surface area contributed by atoms with Gasteiger partial charge in [0.25, 0.3) is 0 Å². The van der Waals surface area contributed by atoms with Gasteiger partial charge in [-0.2, -0.15) is 0 Å². The van der Waals surface area contributed by atoms with E-state index >= 15 is 0 Å². The molecule has 6 nitrogen and oxygen atoms in total. The van der Waals surface area contributed by atoms with E-state index in [-0.39, 0.29) is 6.61 Å². The number of hydrogen-bond acceptors (Lipinski definition) is 5. The highest BCUT2D eigenvalue weighted by Gasteiger charge is 2.12. The van der Waals surface area contributed by atoms with Crippen molar-refractivity contribution in [1.82, 2.24) is 9.88 Å². The number of nitrogens with zero attached hydrogens (tertiary/aromatic N) is 3. The second kappa shape index (κ2) is 9.22. The van der Waals surface area contributed by atoms with E-state index in [1.54, 1.807) is 6.20 Å². The lowest BCUT2D eigenvalue weighted by Crippen LogP contribution is -2.35. The summed E-state index contributed by atoms with van der Waals surface area (Å²) in [7, 11) is 0. The molecule has 1 aliphatic heterocycles. The van der Waals surface area contributed by atoms with E-state index in [4.69, 9.17) is 26.9 Å². The summed E-state index contributed by atoms with van der Waals surface area (Å²) in [6.45, 7) is 4.50. The highest BCUT2D eigenvalue weighted by atomic mass is 35.5. The molecule has 2 aromatic carbocycles. The molecule has 0 unspecified atom stereocenters. The minimum Gasteiger partial charge on any atom is -0.389 e. The number of nitrogens with two attached hydrogens (primary N) is 1. The lowest BCUT2D eigenvalue weighted by atomic mass is 10.1. The molecule has 1 fully saturated rings. The van der Waals surface area contributed by atoms with Gasteiger partial charge in [0.1, 0.15) is 6.61 Å². The largest absolute Gasteiger partial charge is 0.389 e. The van der Waals surface area contributed by atoms with Crippen LogP contribution in [0.2, 0.25) is 5.02 Å². The molecule has 4 rings (SSSR count). The topological polar surface area (TPSA) is 73.0 Å². The van der Waals surface area contributed by atoms with Gasteiger partial charge in [0.2, 0.25) is 0 Å². The van der Waals surface area contributed by atoms with Crippen molar-refractivity contribution < 1.29 is 9.57 Å². The van der Waals surface area contributed by atoms with Crippen LogP contribution in [0.3, 0.4) is 0 Å². The first kappa shape index (κ1) is 19.6. The van der Waals surface area contributed by atoms with Crippen LogP contribution in [0.25, 0.3) is 10.9 Å². The Morgan fingerprint density at radius 1 is 1.17 bits per heavy atom. The molecule has 7 heteroatoms. The fourth-order valence-electron chi connectivity index (χ4n) is 3.38. The molecule has 29 heavy (non-hydrogen) atoms. The lowest BCUT2D eigenvalue weighted by Gasteiger charge is -2.26. The average Bonchev–Trinajstić information content (AvgIpc) is 2.76. The van der Waals surface area contributed by atoms with E-state index in [0.29, 0.717) is 10.9 Å². The van der Waals surface area contributed by atoms with Gasteiger partial charge in [-0.05, 0) is 23.8 Å². The summed E-state index contributed by atoms with van der Waals surface area (Å²) in [4.78, 5) is 12.3. The number of hydrogen-bond donors (Lipinski definition) is 1. The molecule has 0 saturated carbocycles. The predicted octanol–water partition coefficient (Wildman–Crippen LogP) is 3.56. The number of aromatic nitrogens is 1. The first-order chi connectivity index (χ1) is 14.2. The lowest BCUT2D eigenvalue weighted by molar-refractivity contribution is 0.0342. The van der Waals surface area contributed by atoms with Gasteiger partial charge in [-0.25, -0.2) is 0 Å². The molecule has 0 atom stereocenters. The summed E-state index contributed by atoms with van der Waals surface area (Å²) in [5.74, 6) is 0.332. The molecule has 150 valence electrons. The Bertz CT molecular complexity index is 1020. The standard InChI is InChI=1S/C22H23ClN4O2/c23-20-7-6-17-5-2-8-25-21(17)19(20)15-29-26-22(24)18-4-1-3-16(13-18)14-27-9-11-28-12-10-27/h1-8,13H,9-12,14-15H2,(H2,24,26). The number of rotatable bonds is 6. The molecule has 1 saturated heterocycles. The summed E-state index contributed by atoms with van der Waals surface area (Å²) < 4.78 is 5.40. The smallest absolute Gasteiger partial charge is 0.170 e. The van der Waals surface area contributed by atoms with Crippen molar-refractivity contribution in [2.24, 2.45) is 10.9 Å². The Balaban J connectivity index is 1.44. The molecule has 1 aromatic heterocycles. The van der Waals surface area contributed by atoms with Crippen molar-refractivity contribution in [1.29, 1.82) is 0 Å². The van der Waals surface area contributed by atoms with E-state index in [1.807, 2.05) is 42.5 Å². The zero-order chi connectivity index (χ0) is 20.1. The Hall–Kier alpha value is -2.67. The van der Waals surface area contributed by atoms with Crippen molar-refractivity contribution in [3.8, 4) is 0 Å². The second-order valence-corrected chi connectivity index (χ2v) is 7.35. The SMILES string of the molecule is N/C(=N/OCc1c(Cl)ccc2cccnc12)c1cccc(CN2CCOCC2)c1. The first-order valence-corrected chi connectivity index (χ1v) is 9.95.